The number of nitrogens with zero attached hydrogens (tertiary/aromatic N) is 3. The van der Waals surface area contributed by atoms with Crippen LogP contribution in [0.1, 0.15) is 12.5 Å². The zero-order valence-electron chi connectivity index (χ0n) is 14.9. The average Bonchev–Trinajstić information content (AvgIpc) is 3.35. The molecule has 0 saturated heterocycles. The Morgan fingerprint density at radius 2 is 1.93 bits per heavy atom. The molecule has 0 fully saturated rings. The lowest BCUT2D eigenvalue weighted by atomic mass is 10.1. The van der Waals surface area contributed by atoms with Gasteiger partial charge in [-0.05, 0) is 36.8 Å². The minimum Gasteiger partial charge on any atom is -0.334 e. The maximum absolute atomic E-state index is 11.4. The zero-order chi connectivity index (χ0) is 18.8. The lowest BCUT2D eigenvalue weighted by Gasteiger charge is -2.08. The van der Waals surface area contributed by atoms with E-state index in [1.807, 2.05) is 55.5 Å². The molecule has 0 bridgehead atoms. The molecule has 27 heavy (non-hydrogen) atoms. The van der Waals surface area contributed by atoms with Crippen molar-refractivity contribution in [3.05, 3.63) is 60.3 Å². The molecule has 0 aliphatic rings. The minimum absolute atomic E-state index is 0.128. The number of nitrogens with one attached hydrogen (secondary N) is 2. The van der Waals surface area contributed by atoms with Gasteiger partial charge >= 0.3 is 0 Å². The van der Waals surface area contributed by atoms with Gasteiger partial charge in [-0.1, -0.05) is 29.4 Å². The molecular weight excluding hydrogens is 342 g/mol. The van der Waals surface area contributed by atoms with Crippen LogP contribution in [0.3, 0.4) is 0 Å². The van der Waals surface area contributed by atoms with Crippen LogP contribution in [-0.4, -0.2) is 26.2 Å². The highest BCUT2D eigenvalue weighted by molar-refractivity contribution is 5.90. The van der Waals surface area contributed by atoms with Crippen molar-refractivity contribution in [3.8, 4) is 34.1 Å². The van der Waals surface area contributed by atoms with E-state index in [2.05, 4.69) is 25.7 Å². The van der Waals surface area contributed by atoms with Crippen LogP contribution in [0, 0.1) is 6.92 Å². The molecule has 2 heterocycles. The van der Waals surface area contributed by atoms with Gasteiger partial charge in [-0.25, -0.2) is 0 Å². The summed E-state index contributed by atoms with van der Waals surface area (Å²) in [6.45, 7) is 3.38. The van der Waals surface area contributed by atoms with Crippen molar-refractivity contribution < 1.29 is 9.32 Å². The Morgan fingerprint density at radius 1 is 1.11 bits per heavy atom. The van der Waals surface area contributed by atoms with Crippen molar-refractivity contribution in [2.24, 2.45) is 0 Å². The molecule has 0 spiro atoms. The fraction of sp³-hybridized carbons (Fsp3) is 0.100. The first-order valence-corrected chi connectivity index (χ1v) is 8.43. The quantitative estimate of drug-likeness (QED) is 0.573. The Morgan fingerprint density at radius 3 is 2.70 bits per heavy atom. The van der Waals surface area contributed by atoms with Crippen LogP contribution in [0.25, 0.3) is 34.1 Å². The van der Waals surface area contributed by atoms with Crippen LogP contribution in [0.5, 0.6) is 0 Å². The van der Waals surface area contributed by atoms with Gasteiger partial charge in [-0.3, -0.25) is 9.89 Å². The predicted molar refractivity (Wildman–Crippen MR) is 102 cm³/mol. The van der Waals surface area contributed by atoms with Gasteiger partial charge in [-0.2, -0.15) is 10.1 Å². The molecule has 0 atom stereocenters. The molecule has 2 aromatic carbocycles. The van der Waals surface area contributed by atoms with E-state index in [0.717, 1.165) is 33.6 Å². The highest BCUT2D eigenvalue weighted by atomic mass is 16.5. The molecule has 0 aliphatic heterocycles. The summed E-state index contributed by atoms with van der Waals surface area (Å²) in [6.07, 6.45) is 1.71. The average molecular weight is 359 g/mol. The molecule has 2 N–H and O–H groups in total. The van der Waals surface area contributed by atoms with Crippen LogP contribution < -0.4 is 5.32 Å². The first-order chi connectivity index (χ1) is 13.1. The molecule has 0 saturated carbocycles. The molecule has 2 aromatic heterocycles. The smallest absolute Gasteiger partial charge is 0.258 e. The number of benzene rings is 2. The fourth-order valence-electron chi connectivity index (χ4n) is 2.89. The van der Waals surface area contributed by atoms with Crippen molar-refractivity contribution in [1.82, 2.24) is 20.3 Å². The van der Waals surface area contributed by atoms with E-state index in [0.29, 0.717) is 11.7 Å². The normalized spacial score (nSPS) is 10.7. The van der Waals surface area contributed by atoms with Gasteiger partial charge in [-0.15, -0.1) is 0 Å². The second kappa shape index (κ2) is 6.87. The van der Waals surface area contributed by atoms with E-state index in [9.17, 15) is 4.79 Å². The summed E-state index contributed by atoms with van der Waals surface area (Å²) in [4.78, 5) is 15.9. The summed E-state index contributed by atoms with van der Waals surface area (Å²) in [7, 11) is 0. The summed E-state index contributed by atoms with van der Waals surface area (Å²) >= 11 is 0. The Kier molecular flexibility index (Phi) is 4.25. The summed E-state index contributed by atoms with van der Waals surface area (Å²) < 4.78 is 5.48. The molecule has 0 unspecified atom stereocenters. The molecule has 134 valence electrons. The fourth-order valence-corrected chi connectivity index (χ4v) is 2.89. The van der Waals surface area contributed by atoms with Crippen LogP contribution in [0.4, 0.5) is 5.69 Å². The van der Waals surface area contributed by atoms with E-state index in [4.69, 9.17) is 4.52 Å². The number of amides is 1. The van der Waals surface area contributed by atoms with Gasteiger partial charge < -0.3 is 9.84 Å². The number of aromatic nitrogens is 4. The van der Waals surface area contributed by atoms with Crippen molar-refractivity contribution in [1.29, 1.82) is 0 Å². The van der Waals surface area contributed by atoms with Gasteiger partial charge in [0.1, 0.15) is 0 Å². The monoisotopic (exact) mass is 359 g/mol. The van der Waals surface area contributed by atoms with Crippen molar-refractivity contribution in [3.63, 3.8) is 0 Å². The Hall–Kier alpha value is -3.74. The second-order valence-corrected chi connectivity index (χ2v) is 6.13. The summed E-state index contributed by atoms with van der Waals surface area (Å²) in [5.74, 6) is 0.773. The number of hydrogen-bond donors (Lipinski definition) is 2. The topological polar surface area (TPSA) is 96.7 Å². The number of carbonyl (C=O) groups is 1. The SMILES string of the molecule is CC(=O)Nc1cccc(-c2nc(-c3cccc(-c4ccn[nH]4)c3)no2)c1C. The molecule has 0 aliphatic carbocycles. The number of anilines is 1. The Bertz CT molecular complexity index is 1100. The van der Waals surface area contributed by atoms with E-state index < -0.39 is 0 Å². The van der Waals surface area contributed by atoms with E-state index in [1.54, 1.807) is 6.20 Å². The minimum atomic E-state index is -0.128. The largest absolute Gasteiger partial charge is 0.334 e. The second-order valence-electron chi connectivity index (χ2n) is 6.13. The Balaban J connectivity index is 1.69. The molecule has 1 amide bonds. The molecule has 4 rings (SSSR count). The van der Waals surface area contributed by atoms with E-state index in [1.165, 1.54) is 6.92 Å². The molecule has 4 aromatic rings. The van der Waals surface area contributed by atoms with E-state index >= 15 is 0 Å². The van der Waals surface area contributed by atoms with Gasteiger partial charge in [0.25, 0.3) is 5.89 Å². The van der Waals surface area contributed by atoms with Gasteiger partial charge in [0, 0.05) is 35.5 Å². The Labute approximate surface area is 155 Å². The van der Waals surface area contributed by atoms with Crippen molar-refractivity contribution in [2.75, 3.05) is 5.32 Å². The third kappa shape index (κ3) is 3.35. The van der Waals surface area contributed by atoms with Gasteiger partial charge in [0.05, 0.1) is 5.69 Å². The van der Waals surface area contributed by atoms with Crippen LogP contribution in [0.15, 0.2) is 59.3 Å². The zero-order valence-corrected chi connectivity index (χ0v) is 14.9. The lowest BCUT2D eigenvalue weighted by Crippen LogP contribution is -2.07. The highest BCUT2D eigenvalue weighted by Gasteiger charge is 2.15. The number of rotatable bonds is 4. The molecule has 0 radical (unpaired) electrons. The molecule has 7 nitrogen and oxygen atoms in total. The summed E-state index contributed by atoms with van der Waals surface area (Å²) in [5.41, 5.74) is 5.12. The van der Waals surface area contributed by atoms with Crippen LogP contribution in [-0.2, 0) is 4.79 Å². The summed E-state index contributed by atoms with van der Waals surface area (Å²) in [6, 6.07) is 15.3. The number of H-pyrrole nitrogens is 1. The standard InChI is InChI=1S/C20H17N5O2/c1-12-16(7-4-8-17(12)22-13(2)26)20-23-19(25-27-20)15-6-3-5-14(11-15)18-9-10-21-24-18/h3-11H,1-2H3,(H,21,24)(H,22,26). The first kappa shape index (κ1) is 16.7. The van der Waals surface area contributed by atoms with Gasteiger partial charge in [0.2, 0.25) is 11.7 Å². The first-order valence-electron chi connectivity index (χ1n) is 8.43. The third-order valence-corrected chi connectivity index (χ3v) is 4.23. The van der Waals surface area contributed by atoms with Gasteiger partial charge in [0.15, 0.2) is 0 Å². The van der Waals surface area contributed by atoms with Crippen molar-refractivity contribution >= 4 is 11.6 Å². The van der Waals surface area contributed by atoms with Crippen molar-refractivity contribution in [2.45, 2.75) is 13.8 Å². The highest BCUT2D eigenvalue weighted by Crippen LogP contribution is 2.30. The van der Waals surface area contributed by atoms with E-state index in [-0.39, 0.29) is 5.91 Å². The van der Waals surface area contributed by atoms with Crippen LogP contribution >= 0.6 is 0 Å². The maximum Gasteiger partial charge on any atom is 0.258 e. The number of aromatic amines is 1. The third-order valence-electron chi connectivity index (χ3n) is 4.23. The number of carbonyl (C=O) groups excluding carboxylic acids is 1. The maximum atomic E-state index is 11.4. The number of hydrogen-bond acceptors (Lipinski definition) is 5. The van der Waals surface area contributed by atoms with Crippen LogP contribution in [0.2, 0.25) is 0 Å². The predicted octanol–water partition coefficient (Wildman–Crippen LogP) is 4.06. The molecular formula is C20H17N5O2. The lowest BCUT2D eigenvalue weighted by molar-refractivity contribution is -0.114. The molecule has 7 heteroatoms. The summed E-state index contributed by atoms with van der Waals surface area (Å²) in [5, 5.41) is 13.8.